The van der Waals surface area contributed by atoms with Gasteiger partial charge in [-0.15, -0.1) is 0 Å². The SMILES string of the molecule is CC(C)(C)C(=O)[C@@H]1CCN(S(C)(=O)=O)C1. The van der Waals surface area contributed by atoms with Gasteiger partial charge in [-0.2, -0.15) is 0 Å². The average Bonchev–Trinajstić information content (AvgIpc) is 2.47. The molecule has 0 aromatic carbocycles. The molecule has 0 saturated carbocycles. The normalized spacial score (nSPS) is 24.4. The topological polar surface area (TPSA) is 54.5 Å². The van der Waals surface area contributed by atoms with Gasteiger partial charge in [-0.1, -0.05) is 20.8 Å². The maximum atomic E-state index is 11.9. The summed E-state index contributed by atoms with van der Waals surface area (Å²) in [5.74, 6) is 0.0355. The number of carbonyl (C=O) groups excluding carboxylic acids is 1. The van der Waals surface area contributed by atoms with Crippen molar-refractivity contribution in [3.8, 4) is 0 Å². The summed E-state index contributed by atoms with van der Waals surface area (Å²) >= 11 is 0. The predicted octanol–water partition coefficient (Wildman–Crippen LogP) is 0.883. The van der Waals surface area contributed by atoms with Crippen molar-refractivity contribution in [2.24, 2.45) is 11.3 Å². The van der Waals surface area contributed by atoms with E-state index in [1.54, 1.807) is 0 Å². The molecular formula is C10H19NO3S. The van der Waals surface area contributed by atoms with Crippen LogP contribution in [0.4, 0.5) is 0 Å². The summed E-state index contributed by atoms with van der Waals surface area (Å²) in [4.78, 5) is 11.9. The Bertz CT molecular complexity index is 353. The summed E-state index contributed by atoms with van der Waals surface area (Å²) in [5.41, 5.74) is -0.377. The van der Waals surface area contributed by atoms with Crippen molar-refractivity contribution in [2.75, 3.05) is 19.3 Å². The van der Waals surface area contributed by atoms with E-state index in [-0.39, 0.29) is 17.1 Å². The van der Waals surface area contributed by atoms with E-state index >= 15 is 0 Å². The van der Waals surface area contributed by atoms with Gasteiger partial charge in [0.2, 0.25) is 10.0 Å². The van der Waals surface area contributed by atoms with Crippen LogP contribution in [0, 0.1) is 11.3 Å². The van der Waals surface area contributed by atoms with Crippen molar-refractivity contribution in [1.82, 2.24) is 4.31 Å². The number of hydrogen-bond acceptors (Lipinski definition) is 3. The van der Waals surface area contributed by atoms with Gasteiger partial charge in [0.1, 0.15) is 5.78 Å². The first-order chi connectivity index (χ1) is 6.62. The molecule has 1 rings (SSSR count). The van der Waals surface area contributed by atoms with Crippen LogP contribution in [0.2, 0.25) is 0 Å². The number of rotatable bonds is 2. The van der Waals surface area contributed by atoms with Gasteiger partial charge in [0.25, 0.3) is 0 Å². The quantitative estimate of drug-likeness (QED) is 0.711. The molecule has 0 aromatic rings. The molecule has 1 aliphatic heterocycles. The molecule has 1 aliphatic rings. The highest BCUT2D eigenvalue weighted by atomic mass is 32.2. The predicted molar refractivity (Wildman–Crippen MR) is 59.0 cm³/mol. The molecule has 0 aromatic heterocycles. The Balaban J connectivity index is 2.70. The second-order valence-electron chi connectivity index (χ2n) is 5.22. The van der Waals surface area contributed by atoms with Gasteiger partial charge in [0, 0.05) is 24.4 Å². The van der Waals surface area contributed by atoms with Crippen molar-refractivity contribution >= 4 is 15.8 Å². The summed E-state index contributed by atoms with van der Waals surface area (Å²) in [7, 11) is -3.13. The van der Waals surface area contributed by atoms with Crippen molar-refractivity contribution in [1.29, 1.82) is 0 Å². The fourth-order valence-electron chi connectivity index (χ4n) is 1.86. The highest BCUT2D eigenvalue weighted by Crippen LogP contribution is 2.27. The third-order valence-electron chi connectivity index (χ3n) is 2.73. The molecule has 0 amide bonds. The second-order valence-corrected chi connectivity index (χ2v) is 7.20. The summed E-state index contributed by atoms with van der Waals surface area (Å²) in [6, 6.07) is 0. The third kappa shape index (κ3) is 3.01. The van der Waals surface area contributed by atoms with E-state index in [9.17, 15) is 13.2 Å². The first kappa shape index (κ1) is 12.6. The number of nitrogens with zero attached hydrogens (tertiary/aromatic N) is 1. The zero-order valence-electron chi connectivity index (χ0n) is 9.78. The summed E-state index contributed by atoms with van der Waals surface area (Å²) < 4.78 is 23.9. The summed E-state index contributed by atoms with van der Waals surface area (Å²) in [6.07, 6.45) is 1.85. The number of hydrogen-bond donors (Lipinski definition) is 0. The third-order valence-corrected chi connectivity index (χ3v) is 4.00. The molecule has 0 radical (unpaired) electrons. The van der Waals surface area contributed by atoms with Crippen LogP contribution < -0.4 is 0 Å². The van der Waals surface area contributed by atoms with Crippen LogP contribution in [0.5, 0.6) is 0 Å². The number of Topliss-reactive ketones (excluding diaryl/α,β-unsaturated/α-hetero) is 1. The first-order valence-electron chi connectivity index (χ1n) is 5.12. The van der Waals surface area contributed by atoms with Crippen LogP contribution in [-0.4, -0.2) is 37.9 Å². The zero-order chi connectivity index (χ0) is 11.9. The van der Waals surface area contributed by atoms with Crippen LogP contribution >= 0.6 is 0 Å². The molecule has 1 fully saturated rings. The van der Waals surface area contributed by atoms with Crippen molar-refractivity contribution < 1.29 is 13.2 Å². The average molecular weight is 233 g/mol. The molecule has 0 bridgehead atoms. The van der Waals surface area contributed by atoms with E-state index in [0.29, 0.717) is 19.5 Å². The van der Waals surface area contributed by atoms with Crippen LogP contribution in [0.3, 0.4) is 0 Å². The second kappa shape index (κ2) is 3.87. The largest absolute Gasteiger partial charge is 0.299 e. The molecule has 0 aliphatic carbocycles. The van der Waals surface area contributed by atoms with Crippen molar-refractivity contribution in [2.45, 2.75) is 27.2 Å². The fourth-order valence-corrected chi connectivity index (χ4v) is 2.74. The van der Waals surface area contributed by atoms with E-state index in [0.717, 1.165) is 0 Å². The van der Waals surface area contributed by atoms with Gasteiger partial charge in [0.05, 0.1) is 6.26 Å². The molecule has 1 saturated heterocycles. The van der Waals surface area contributed by atoms with Gasteiger partial charge in [0.15, 0.2) is 0 Å². The van der Waals surface area contributed by atoms with Crippen LogP contribution in [-0.2, 0) is 14.8 Å². The molecule has 1 atom stereocenters. The van der Waals surface area contributed by atoms with E-state index in [2.05, 4.69) is 0 Å². The van der Waals surface area contributed by atoms with Crippen molar-refractivity contribution in [3.63, 3.8) is 0 Å². The minimum absolute atomic E-state index is 0.125. The molecule has 1 heterocycles. The Labute approximate surface area is 91.7 Å². The lowest BCUT2D eigenvalue weighted by Gasteiger charge is -2.21. The Morgan fingerprint density at radius 3 is 2.20 bits per heavy atom. The number of ketones is 1. The number of sulfonamides is 1. The Kier molecular flexibility index (Phi) is 3.26. The van der Waals surface area contributed by atoms with Crippen molar-refractivity contribution in [3.05, 3.63) is 0 Å². The Hall–Kier alpha value is -0.420. The lowest BCUT2D eigenvalue weighted by Crippen LogP contribution is -2.32. The first-order valence-corrected chi connectivity index (χ1v) is 6.96. The van der Waals surface area contributed by atoms with Crippen LogP contribution in [0.25, 0.3) is 0 Å². The van der Waals surface area contributed by atoms with Gasteiger partial charge >= 0.3 is 0 Å². The summed E-state index contributed by atoms with van der Waals surface area (Å²) in [6.45, 7) is 6.45. The fraction of sp³-hybridized carbons (Fsp3) is 0.900. The molecule has 88 valence electrons. The summed E-state index contributed by atoms with van der Waals surface area (Å²) in [5, 5.41) is 0. The van der Waals surface area contributed by atoms with E-state index in [4.69, 9.17) is 0 Å². The minimum Gasteiger partial charge on any atom is -0.299 e. The molecule has 5 heteroatoms. The highest BCUT2D eigenvalue weighted by Gasteiger charge is 2.37. The van der Waals surface area contributed by atoms with Crippen LogP contribution in [0.1, 0.15) is 27.2 Å². The van der Waals surface area contributed by atoms with Gasteiger partial charge in [-0.05, 0) is 6.42 Å². The lowest BCUT2D eigenvalue weighted by molar-refractivity contribution is -0.129. The van der Waals surface area contributed by atoms with E-state index < -0.39 is 10.0 Å². The van der Waals surface area contributed by atoms with Gasteiger partial charge in [-0.25, -0.2) is 12.7 Å². The smallest absolute Gasteiger partial charge is 0.211 e. The highest BCUT2D eigenvalue weighted by molar-refractivity contribution is 7.88. The Morgan fingerprint density at radius 1 is 1.33 bits per heavy atom. The monoisotopic (exact) mass is 233 g/mol. The molecule has 0 N–H and O–H groups in total. The molecule has 0 spiro atoms. The van der Waals surface area contributed by atoms with E-state index in [1.165, 1.54) is 10.6 Å². The Morgan fingerprint density at radius 2 is 1.87 bits per heavy atom. The van der Waals surface area contributed by atoms with Gasteiger partial charge < -0.3 is 0 Å². The zero-order valence-corrected chi connectivity index (χ0v) is 10.6. The van der Waals surface area contributed by atoms with E-state index in [1.807, 2.05) is 20.8 Å². The van der Waals surface area contributed by atoms with Crippen LogP contribution in [0.15, 0.2) is 0 Å². The molecule has 4 nitrogen and oxygen atoms in total. The van der Waals surface area contributed by atoms with Gasteiger partial charge in [-0.3, -0.25) is 4.79 Å². The molecule has 0 unspecified atom stereocenters. The maximum absolute atomic E-state index is 11.9. The molecular weight excluding hydrogens is 214 g/mol. The lowest BCUT2D eigenvalue weighted by atomic mass is 9.83. The minimum atomic E-state index is -3.13. The molecule has 15 heavy (non-hydrogen) atoms. The number of carbonyl (C=O) groups is 1. The standard InChI is InChI=1S/C10H19NO3S/c1-10(2,3)9(12)8-5-6-11(7-8)15(4,13)14/h8H,5-7H2,1-4H3/t8-/m1/s1. The maximum Gasteiger partial charge on any atom is 0.211 e.